The third kappa shape index (κ3) is 5.26. The minimum absolute atomic E-state index is 0.00305. The lowest BCUT2D eigenvalue weighted by molar-refractivity contribution is -0.205. The number of aromatic amines is 1. The van der Waals surface area contributed by atoms with Gasteiger partial charge >= 0.3 is 10.4 Å². The number of rotatable bonds is 6. The highest BCUT2D eigenvalue weighted by atomic mass is 32.3. The first-order chi connectivity index (χ1) is 13.7. The molecule has 0 saturated carbocycles. The molecule has 29 heavy (non-hydrogen) atoms. The van der Waals surface area contributed by atoms with Gasteiger partial charge in [0.1, 0.15) is 34.9 Å². The number of nitrogens with one attached hydrogen (secondary N) is 1. The maximum atomic E-state index is 10.9. The van der Waals surface area contributed by atoms with E-state index < -0.39 is 46.9 Å². The first kappa shape index (κ1) is 22.0. The standard InChI is InChI=1S/C16H20N2O9S2/c19-7-11-13(20)14(21)15(22)16(26-11)28-12(18-27-29(23,24)25)5-8-6-17-10-4-2-1-3-9(8)10/h1-4,6,11,13-17,19-22H,5,7H2,(H,23,24,25)/b18-12-/t11-,13-,14+,15-,16?/m1/s1. The van der Waals surface area contributed by atoms with Crippen LogP contribution in [0.2, 0.25) is 0 Å². The van der Waals surface area contributed by atoms with Gasteiger partial charge in [0, 0.05) is 23.5 Å². The van der Waals surface area contributed by atoms with Crippen molar-refractivity contribution in [2.45, 2.75) is 36.3 Å². The molecule has 3 rings (SSSR count). The molecule has 1 aliphatic heterocycles. The van der Waals surface area contributed by atoms with Gasteiger partial charge in [-0.25, -0.2) is 4.28 Å². The molecule has 0 bridgehead atoms. The zero-order chi connectivity index (χ0) is 21.2. The second-order valence-corrected chi connectivity index (χ2v) is 8.51. The number of ether oxygens (including phenoxy) is 1. The van der Waals surface area contributed by atoms with E-state index in [2.05, 4.69) is 14.4 Å². The number of aromatic nitrogens is 1. The molecule has 1 aromatic heterocycles. The molecule has 1 saturated heterocycles. The lowest BCUT2D eigenvalue weighted by Crippen LogP contribution is -2.57. The molecule has 2 aromatic rings. The molecule has 0 spiro atoms. The Balaban J connectivity index is 1.85. The van der Waals surface area contributed by atoms with Gasteiger partial charge in [-0.15, -0.1) is 0 Å². The predicted molar refractivity (Wildman–Crippen MR) is 103 cm³/mol. The predicted octanol–water partition coefficient (Wildman–Crippen LogP) is -0.624. The lowest BCUT2D eigenvalue weighted by atomic mass is 10.0. The van der Waals surface area contributed by atoms with Gasteiger partial charge in [0.2, 0.25) is 0 Å². The molecule has 1 fully saturated rings. The van der Waals surface area contributed by atoms with Gasteiger partial charge in [0.15, 0.2) is 0 Å². The lowest BCUT2D eigenvalue weighted by Gasteiger charge is -2.39. The van der Waals surface area contributed by atoms with Crippen molar-refractivity contribution in [1.82, 2.24) is 4.98 Å². The molecule has 13 heteroatoms. The van der Waals surface area contributed by atoms with Crippen molar-refractivity contribution in [3.8, 4) is 0 Å². The van der Waals surface area contributed by atoms with E-state index >= 15 is 0 Å². The minimum atomic E-state index is -4.87. The number of aliphatic hydroxyl groups excluding tert-OH is 4. The van der Waals surface area contributed by atoms with Crippen molar-refractivity contribution in [3.63, 3.8) is 0 Å². The molecule has 1 aromatic carbocycles. The number of nitrogens with zero attached hydrogens (tertiary/aromatic N) is 1. The van der Waals surface area contributed by atoms with Gasteiger partial charge in [-0.1, -0.05) is 35.1 Å². The monoisotopic (exact) mass is 448 g/mol. The highest BCUT2D eigenvalue weighted by molar-refractivity contribution is 8.14. The van der Waals surface area contributed by atoms with Crippen LogP contribution in [0.25, 0.3) is 10.9 Å². The smallest absolute Gasteiger partial charge is 0.394 e. The second kappa shape index (κ2) is 8.97. The van der Waals surface area contributed by atoms with Crippen molar-refractivity contribution in [2.24, 2.45) is 5.16 Å². The summed E-state index contributed by atoms with van der Waals surface area (Å²) >= 11 is 0.727. The number of thioether (sulfide) groups is 1. The van der Waals surface area contributed by atoms with Crippen molar-refractivity contribution in [1.29, 1.82) is 0 Å². The summed E-state index contributed by atoms with van der Waals surface area (Å²) in [6, 6.07) is 7.33. The summed E-state index contributed by atoms with van der Waals surface area (Å²) in [4.78, 5) is 3.05. The zero-order valence-electron chi connectivity index (χ0n) is 14.8. The molecule has 1 unspecified atom stereocenters. The molecule has 2 heterocycles. The first-order valence-electron chi connectivity index (χ1n) is 8.44. The van der Waals surface area contributed by atoms with Gasteiger partial charge < -0.3 is 30.1 Å². The minimum Gasteiger partial charge on any atom is -0.394 e. The molecule has 0 amide bonds. The number of para-hydroxylation sites is 1. The molecule has 1 aliphatic rings. The van der Waals surface area contributed by atoms with Gasteiger partial charge in [0.25, 0.3) is 0 Å². The van der Waals surface area contributed by atoms with Crippen LogP contribution in [0.15, 0.2) is 35.6 Å². The quantitative estimate of drug-likeness (QED) is 0.144. The van der Waals surface area contributed by atoms with E-state index in [1.165, 1.54) is 0 Å². The van der Waals surface area contributed by atoms with Gasteiger partial charge in [-0.2, -0.15) is 8.42 Å². The molecule has 5 atom stereocenters. The first-order valence-corrected chi connectivity index (χ1v) is 10.7. The fraction of sp³-hybridized carbons (Fsp3) is 0.438. The molecule has 0 radical (unpaired) electrons. The topological polar surface area (TPSA) is 182 Å². The summed E-state index contributed by atoms with van der Waals surface area (Å²) in [7, 11) is -4.87. The Morgan fingerprint density at radius 2 is 1.93 bits per heavy atom. The average molecular weight is 448 g/mol. The maximum Gasteiger partial charge on any atom is 0.466 e. The number of H-pyrrole nitrogens is 1. The Morgan fingerprint density at radius 3 is 2.62 bits per heavy atom. The van der Waals surface area contributed by atoms with Crippen LogP contribution in [0.3, 0.4) is 0 Å². The summed E-state index contributed by atoms with van der Waals surface area (Å²) < 4.78 is 40.2. The van der Waals surface area contributed by atoms with Crippen molar-refractivity contribution < 1.29 is 42.4 Å². The maximum absolute atomic E-state index is 10.9. The Morgan fingerprint density at radius 1 is 1.21 bits per heavy atom. The van der Waals surface area contributed by atoms with Gasteiger partial charge in [-0.05, 0) is 11.6 Å². The van der Waals surface area contributed by atoms with E-state index in [4.69, 9.17) is 9.29 Å². The van der Waals surface area contributed by atoms with E-state index in [0.717, 1.165) is 28.2 Å². The van der Waals surface area contributed by atoms with Crippen molar-refractivity contribution in [2.75, 3.05) is 6.61 Å². The second-order valence-electron chi connectivity index (χ2n) is 6.34. The Kier molecular flexibility index (Phi) is 6.80. The zero-order valence-corrected chi connectivity index (χ0v) is 16.5. The molecule has 6 N–H and O–H groups in total. The van der Waals surface area contributed by atoms with Crippen LogP contribution in [-0.4, -0.2) is 79.9 Å². The van der Waals surface area contributed by atoms with Gasteiger partial charge in [0.05, 0.1) is 6.61 Å². The summed E-state index contributed by atoms with van der Waals surface area (Å²) in [6.45, 7) is -0.613. The molecule has 160 valence electrons. The van der Waals surface area contributed by atoms with Crippen LogP contribution in [0.1, 0.15) is 5.56 Å². The summed E-state index contributed by atoms with van der Waals surface area (Å²) in [5.74, 6) is 0. The van der Waals surface area contributed by atoms with E-state index in [9.17, 15) is 28.8 Å². The van der Waals surface area contributed by atoms with E-state index in [1.54, 1.807) is 6.20 Å². The Bertz CT molecular complexity index is 976. The van der Waals surface area contributed by atoms with Crippen LogP contribution < -0.4 is 0 Å². The van der Waals surface area contributed by atoms with Crippen LogP contribution in [0.5, 0.6) is 0 Å². The van der Waals surface area contributed by atoms with Gasteiger partial charge in [-0.3, -0.25) is 4.55 Å². The molecular weight excluding hydrogens is 428 g/mol. The third-order valence-corrected chi connectivity index (χ3v) is 5.73. The fourth-order valence-electron chi connectivity index (χ4n) is 2.92. The van der Waals surface area contributed by atoms with Crippen LogP contribution in [0.4, 0.5) is 0 Å². The SMILES string of the molecule is O=S(=O)(O)O/N=C(/Cc1c[nH]c2ccccc12)SC1O[C@H](CO)[C@@H](O)[C@H](O)[C@H]1O. The Labute approximate surface area is 169 Å². The highest BCUT2D eigenvalue weighted by Gasteiger charge is 2.44. The van der Waals surface area contributed by atoms with E-state index in [-0.39, 0.29) is 11.5 Å². The number of hydrogen-bond donors (Lipinski definition) is 6. The largest absolute Gasteiger partial charge is 0.466 e. The van der Waals surface area contributed by atoms with Crippen LogP contribution in [0, 0.1) is 0 Å². The van der Waals surface area contributed by atoms with E-state index in [0.29, 0.717) is 0 Å². The molecule has 11 nitrogen and oxygen atoms in total. The normalized spacial score (nSPS) is 28.6. The number of aliphatic hydroxyl groups is 4. The Hall–Kier alpha value is -1.71. The van der Waals surface area contributed by atoms with Crippen LogP contribution in [-0.2, 0) is 25.8 Å². The molecular formula is C16H20N2O9S2. The summed E-state index contributed by atoms with van der Waals surface area (Å²) in [6.07, 6.45) is -4.11. The summed E-state index contributed by atoms with van der Waals surface area (Å²) in [5.41, 5.74) is 0.352. The number of hydrogen-bond acceptors (Lipinski definition) is 10. The highest BCUT2D eigenvalue weighted by Crippen LogP contribution is 2.31. The summed E-state index contributed by atoms with van der Waals surface area (Å²) in [5, 5.41) is 43.5. The average Bonchev–Trinajstić information content (AvgIpc) is 3.08. The van der Waals surface area contributed by atoms with E-state index in [1.807, 2.05) is 24.3 Å². The van der Waals surface area contributed by atoms with Crippen molar-refractivity contribution >= 4 is 38.1 Å². The number of fused-ring (bicyclic) bond motifs is 1. The number of benzene rings is 1. The van der Waals surface area contributed by atoms with Crippen LogP contribution >= 0.6 is 11.8 Å². The van der Waals surface area contributed by atoms with Crippen molar-refractivity contribution in [3.05, 3.63) is 36.0 Å². The molecule has 0 aliphatic carbocycles. The third-order valence-electron chi connectivity index (χ3n) is 4.35. The number of oxime groups is 1. The fourth-order valence-corrected chi connectivity index (χ4v) is 4.24.